The molecule has 4 aromatic rings. The molecule has 1 aliphatic rings. The number of imidazole rings is 1. The number of likely N-dealkylation sites (tertiary alicyclic amines) is 1. The zero-order chi connectivity index (χ0) is 30.7. The van der Waals surface area contributed by atoms with Gasteiger partial charge in [0.1, 0.15) is 23.0 Å². The Labute approximate surface area is 246 Å². The number of fused-ring (bicyclic) bond motifs is 1. The van der Waals surface area contributed by atoms with Gasteiger partial charge in [-0.1, -0.05) is 13.0 Å². The molecule has 2 N–H and O–H groups in total. The molecule has 12 nitrogen and oxygen atoms in total. The monoisotopic (exact) mass is 591 g/mol. The molecule has 43 heavy (non-hydrogen) atoms. The molecule has 1 fully saturated rings. The number of methoxy groups -OCH3 is 1. The van der Waals surface area contributed by atoms with E-state index in [1.807, 2.05) is 13.0 Å². The first-order valence-corrected chi connectivity index (χ1v) is 14.2. The molecule has 4 heterocycles. The van der Waals surface area contributed by atoms with Crippen LogP contribution in [0.15, 0.2) is 52.2 Å². The van der Waals surface area contributed by atoms with Gasteiger partial charge in [-0.15, -0.1) is 0 Å². The molecule has 0 aliphatic carbocycles. The summed E-state index contributed by atoms with van der Waals surface area (Å²) in [5.41, 5.74) is 0.664. The number of ether oxygens (including phenoxy) is 1. The summed E-state index contributed by atoms with van der Waals surface area (Å²) >= 11 is 0. The van der Waals surface area contributed by atoms with Gasteiger partial charge in [0.05, 0.1) is 6.10 Å². The number of amides is 2. The van der Waals surface area contributed by atoms with Crippen molar-refractivity contribution in [2.75, 3.05) is 32.1 Å². The fourth-order valence-corrected chi connectivity index (χ4v) is 5.44. The van der Waals surface area contributed by atoms with Gasteiger partial charge in [0, 0.05) is 64.3 Å². The maximum atomic E-state index is 13.5. The smallest absolute Gasteiger partial charge is 0.330 e. The van der Waals surface area contributed by atoms with Gasteiger partial charge in [0.15, 0.2) is 5.65 Å². The second kappa shape index (κ2) is 12.7. The highest BCUT2D eigenvalue weighted by Gasteiger charge is 2.31. The van der Waals surface area contributed by atoms with Crippen LogP contribution in [0.1, 0.15) is 54.0 Å². The Bertz CT molecular complexity index is 1730. The minimum absolute atomic E-state index is 0.0214. The van der Waals surface area contributed by atoms with E-state index in [0.717, 1.165) is 5.56 Å². The van der Waals surface area contributed by atoms with Gasteiger partial charge < -0.3 is 14.6 Å². The van der Waals surface area contributed by atoms with Gasteiger partial charge >= 0.3 is 5.69 Å². The molecule has 0 saturated carbocycles. The Kier molecular flexibility index (Phi) is 8.81. The van der Waals surface area contributed by atoms with Crippen molar-refractivity contribution in [3.8, 4) is 0 Å². The number of aromatic nitrogens is 5. The lowest BCUT2D eigenvalue weighted by molar-refractivity contribution is -0.126. The van der Waals surface area contributed by atoms with Crippen molar-refractivity contribution in [2.45, 2.75) is 45.3 Å². The summed E-state index contributed by atoms with van der Waals surface area (Å²) in [6.07, 6.45) is 3.25. The number of aryl methyl sites for hydroxylation is 2. The van der Waals surface area contributed by atoms with Crippen LogP contribution in [0.25, 0.3) is 11.2 Å². The summed E-state index contributed by atoms with van der Waals surface area (Å²) in [5.74, 6) is 0.124. The predicted octanol–water partition coefficient (Wildman–Crippen LogP) is 2.80. The molecule has 2 atom stereocenters. The molecule has 0 bridgehead atoms. The second-order valence-electron chi connectivity index (χ2n) is 10.8. The zero-order valence-corrected chi connectivity index (χ0v) is 24.3. The number of aromatic amines is 2. The molecule has 1 aromatic carbocycles. The van der Waals surface area contributed by atoms with Crippen LogP contribution in [-0.4, -0.2) is 68.5 Å². The number of pyridine rings is 1. The van der Waals surface area contributed by atoms with Gasteiger partial charge in [-0.05, 0) is 48.7 Å². The third-order valence-corrected chi connectivity index (χ3v) is 7.67. The van der Waals surface area contributed by atoms with E-state index >= 15 is 0 Å². The fourth-order valence-electron chi connectivity index (χ4n) is 5.44. The van der Waals surface area contributed by atoms with Crippen molar-refractivity contribution in [2.24, 2.45) is 5.92 Å². The molecule has 0 radical (unpaired) electrons. The molecule has 2 amide bonds. The van der Waals surface area contributed by atoms with Crippen LogP contribution in [0.3, 0.4) is 0 Å². The van der Waals surface area contributed by atoms with Crippen LogP contribution < -0.4 is 16.1 Å². The lowest BCUT2D eigenvalue weighted by Crippen LogP contribution is -2.37. The van der Waals surface area contributed by atoms with Crippen LogP contribution in [0.2, 0.25) is 0 Å². The van der Waals surface area contributed by atoms with Crippen molar-refractivity contribution in [1.82, 2.24) is 29.4 Å². The predicted molar refractivity (Wildman–Crippen MR) is 157 cm³/mol. The Morgan fingerprint density at radius 1 is 1.16 bits per heavy atom. The number of hydrogen-bond acceptors (Lipinski definition) is 7. The Hall–Kier alpha value is -4.65. The molecule has 226 valence electrons. The van der Waals surface area contributed by atoms with E-state index in [2.05, 4.69) is 19.9 Å². The van der Waals surface area contributed by atoms with E-state index in [1.165, 1.54) is 33.7 Å². The molecule has 0 spiro atoms. The van der Waals surface area contributed by atoms with Gasteiger partial charge in [0.2, 0.25) is 5.91 Å². The number of anilines is 1. The van der Waals surface area contributed by atoms with E-state index in [9.17, 15) is 23.6 Å². The van der Waals surface area contributed by atoms with Crippen molar-refractivity contribution >= 4 is 28.8 Å². The number of nitrogens with zero attached hydrogens (tertiary/aromatic N) is 5. The number of carbonyl (C=O) groups excluding carboxylic acids is 2. The minimum atomic E-state index is -0.512. The molecule has 1 aliphatic heterocycles. The number of hydrogen-bond donors (Lipinski definition) is 2. The maximum absolute atomic E-state index is 13.5. The summed E-state index contributed by atoms with van der Waals surface area (Å²) in [5, 5.41) is 0. The molecule has 13 heteroatoms. The van der Waals surface area contributed by atoms with Crippen molar-refractivity contribution in [3.05, 3.63) is 86.2 Å². The quantitative estimate of drug-likeness (QED) is 0.273. The summed E-state index contributed by atoms with van der Waals surface area (Å²) in [6.45, 7) is 3.17. The molecule has 3 aromatic heterocycles. The maximum Gasteiger partial charge on any atom is 0.330 e. The number of H-pyrrole nitrogens is 2. The van der Waals surface area contributed by atoms with Crippen LogP contribution in [0.5, 0.6) is 0 Å². The Morgan fingerprint density at radius 3 is 2.56 bits per heavy atom. The standard InChI is InChI=1S/C30H34FN7O5/c1-4-13-37-27-26(28(40)35-30(37)42)33-23(34-27)11-10-22(43-3)20-7-12-24(32-15-20)38(17-18-14-25(39)36(2)16-18)29(41)19-5-8-21(31)9-6-19/h5-9,12,15,18,22H,4,10-11,13-14,16-17H2,1-3H3,(H,33,34)(H,35,40,42). The van der Waals surface area contributed by atoms with Crippen LogP contribution in [-0.2, 0) is 22.5 Å². The number of nitrogens with one attached hydrogen (secondary N) is 2. The zero-order valence-electron chi connectivity index (χ0n) is 24.3. The van der Waals surface area contributed by atoms with Crippen molar-refractivity contribution < 1.29 is 18.7 Å². The second-order valence-corrected chi connectivity index (χ2v) is 10.8. The number of carbonyl (C=O) groups is 2. The molecular weight excluding hydrogens is 557 g/mol. The van der Waals surface area contributed by atoms with Crippen LogP contribution in [0.4, 0.5) is 10.2 Å². The first-order chi connectivity index (χ1) is 20.7. The number of benzene rings is 1. The summed E-state index contributed by atoms with van der Waals surface area (Å²) in [4.78, 5) is 67.9. The topological polar surface area (TPSA) is 146 Å². The van der Waals surface area contributed by atoms with Crippen LogP contribution in [0, 0.1) is 11.7 Å². The highest BCUT2D eigenvalue weighted by Crippen LogP contribution is 2.26. The summed E-state index contributed by atoms with van der Waals surface area (Å²) in [6, 6.07) is 8.89. The van der Waals surface area contributed by atoms with E-state index in [0.29, 0.717) is 61.6 Å². The van der Waals surface area contributed by atoms with Gasteiger partial charge in [0.25, 0.3) is 11.5 Å². The van der Waals surface area contributed by atoms with Crippen molar-refractivity contribution in [3.63, 3.8) is 0 Å². The van der Waals surface area contributed by atoms with Crippen molar-refractivity contribution in [1.29, 1.82) is 0 Å². The lowest BCUT2D eigenvalue weighted by atomic mass is 10.1. The first-order valence-electron chi connectivity index (χ1n) is 14.2. The van der Waals surface area contributed by atoms with E-state index < -0.39 is 17.1 Å². The van der Waals surface area contributed by atoms with Gasteiger partial charge in [-0.2, -0.15) is 0 Å². The minimum Gasteiger partial charge on any atom is -0.377 e. The number of halogens is 1. The summed E-state index contributed by atoms with van der Waals surface area (Å²) in [7, 11) is 3.32. The molecular formula is C30H34FN7O5. The first kappa shape index (κ1) is 29.8. The SMILES string of the molecule is CCCn1c(=O)[nH]c(=O)c2[nH]c(CCC(OC)c3ccc(N(CC4CC(=O)N(C)C4)C(=O)c4ccc(F)cc4)nc3)nc21. The highest BCUT2D eigenvalue weighted by atomic mass is 19.1. The fraction of sp³-hybridized carbons (Fsp3) is 0.400. The van der Waals surface area contributed by atoms with Gasteiger partial charge in [-0.3, -0.25) is 28.8 Å². The lowest BCUT2D eigenvalue weighted by Gasteiger charge is -2.25. The van der Waals surface area contributed by atoms with E-state index in [4.69, 9.17) is 4.74 Å². The van der Waals surface area contributed by atoms with Crippen LogP contribution >= 0.6 is 0 Å². The van der Waals surface area contributed by atoms with E-state index in [1.54, 1.807) is 31.3 Å². The average Bonchev–Trinajstić information content (AvgIpc) is 3.57. The molecule has 1 saturated heterocycles. The third-order valence-electron chi connectivity index (χ3n) is 7.67. The summed E-state index contributed by atoms with van der Waals surface area (Å²) < 4.78 is 20.7. The number of rotatable bonds is 11. The van der Waals surface area contributed by atoms with E-state index in [-0.39, 0.29) is 35.9 Å². The Morgan fingerprint density at radius 2 is 1.93 bits per heavy atom. The highest BCUT2D eigenvalue weighted by molar-refractivity contribution is 6.05. The Balaban J connectivity index is 1.35. The average molecular weight is 592 g/mol. The van der Waals surface area contributed by atoms with Gasteiger partial charge in [-0.25, -0.2) is 19.2 Å². The largest absolute Gasteiger partial charge is 0.377 e. The third kappa shape index (κ3) is 6.41. The normalized spacial score (nSPS) is 15.8. The molecule has 2 unspecified atom stereocenters. The molecule has 5 rings (SSSR count).